The van der Waals surface area contributed by atoms with E-state index >= 15 is 0 Å². The van der Waals surface area contributed by atoms with Gasteiger partial charge in [0.1, 0.15) is 34.9 Å². The summed E-state index contributed by atoms with van der Waals surface area (Å²) in [5.41, 5.74) is 1.08. The lowest BCUT2D eigenvalue weighted by Crippen LogP contribution is -2.52. The van der Waals surface area contributed by atoms with Crippen molar-refractivity contribution < 1.29 is 23.9 Å². The number of thiazole rings is 1. The zero-order valence-electron chi connectivity index (χ0n) is 27.0. The lowest BCUT2D eigenvalue weighted by atomic mass is 9.99. The highest BCUT2D eigenvalue weighted by Crippen LogP contribution is 2.29. The molecule has 0 aliphatic carbocycles. The number of rotatable bonds is 4. The maximum absolute atomic E-state index is 14.2. The summed E-state index contributed by atoms with van der Waals surface area (Å²) in [6.45, 7) is 8.21. The van der Waals surface area contributed by atoms with Crippen molar-refractivity contribution >= 4 is 57.7 Å². The van der Waals surface area contributed by atoms with Crippen molar-refractivity contribution in [2.75, 3.05) is 12.3 Å². The highest BCUT2D eigenvalue weighted by Gasteiger charge is 2.44. The number of hydrogen-bond donors (Lipinski definition) is 3. The normalized spacial score (nSPS) is 30.6. The van der Waals surface area contributed by atoms with Crippen LogP contribution in [-0.2, 0) is 25.5 Å². The van der Waals surface area contributed by atoms with E-state index in [1.807, 2.05) is 44.2 Å². The smallest absolute Gasteiger partial charge is 0.271 e. The Hall–Kier alpha value is -3.78. The van der Waals surface area contributed by atoms with Gasteiger partial charge in [-0.25, -0.2) is 9.98 Å². The van der Waals surface area contributed by atoms with Gasteiger partial charge >= 0.3 is 0 Å². The molecule has 1 unspecified atom stereocenters. The van der Waals surface area contributed by atoms with Gasteiger partial charge in [-0.05, 0) is 38.2 Å². The molecule has 4 aliphatic heterocycles. The average molecular weight is 680 g/mol. The Morgan fingerprint density at radius 1 is 1.04 bits per heavy atom. The number of nitrogens with one attached hydrogen (secondary N) is 3. The van der Waals surface area contributed by atoms with E-state index in [2.05, 4.69) is 34.8 Å². The number of fused-ring (bicyclic) bond motifs is 6. The van der Waals surface area contributed by atoms with Crippen LogP contribution in [0.5, 0.6) is 0 Å². The lowest BCUT2D eigenvalue weighted by molar-refractivity contribution is -0.133. The predicted molar refractivity (Wildman–Crippen MR) is 182 cm³/mol. The summed E-state index contributed by atoms with van der Waals surface area (Å²) >= 11 is 2.75. The standard InChI is InChI=1S/C33H41N7O5S2/c1-5-17(2)25-32-37-22(16-47-32)27(41)34-18(3)31-36-23(15-46-31)28(42)35-21(14-20-10-7-6-8-11-20)33(44)40-13-9-12-24(40)30-39-26(19(4)45-30)29(43)38-25/h6-8,10-11,15,17-19,21-22,24-26H,5,9,12-14,16H2,1-4H3,(H,34,41)(H,35,42)(H,38,43)/t17-,18+,19-,21+,22?,24+,25-,26+/m1/s1. The number of thioether (sulfide) groups is 1. The van der Waals surface area contributed by atoms with Crippen molar-refractivity contribution in [3.05, 3.63) is 52.0 Å². The first kappa shape index (κ1) is 33.1. The number of aromatic nitrogens is 1. The van der Waals surface area contributed by atoms with E-state index in [1.165, 1.54) is 23.1 Å². The highest BCUT2D eigenvalue weighted by atomic mass is 32.2. The van der Waals surface area contributed by atoms with E-state index in [0.29, 0.717) is 34.7 Å². The molecule has 1 fully saturated rings. The van der Waals surface area contributed by atoms with Crippen molar-refractivity contribution in [1.29, 1.82) is 0 Å². The van der Waals surface area contributed by atoms with Crippen LogP contribution < -0.4 is 16.0 Å². The average Bonchev–Trinajstić information content (AvgIpc) is 3.89. The van der Waals surface area contributed by atoms with Crippen LogP contribution in [0.15, 0.2) is 45.7 Å². The zero-order valence-corrected chi connectivity index (χ0v) is 28.6. The number of ether oxygens (including phenoxy) is 1. The van der Waals surface area contributed by atoms with Crippen LogP contribution in [0.4, 0.5) is 0 Å². The molecule has 6 rings (SSSR count). The van der Waals surface area contributed by atoms with Crippen LogP contribution in [0.1, 0.15) is 74.1 Å². The topological polar surface area (TPSA) is 154 Å². The van der Waals surface area contributed by atoms with Crippen molar-refractivity contribution in [3.63, 3.8) is 0 Å². The van der Waals surface area contributed by atoms with Crippen LogP contribution in [-0.4, -0.2) is 93.1 Å². The number of amides is 4. The lowest BCUT2D eigenvalue weighted by Gasteiger charge is -2.29. The minimum atomic E-state index is -0.872. The van der Waals surface area contributed by atoms with Crippen LogP contribution in [0.25, 0.3) is 0 Å². The van der Waals surface area contributed by atoms with Gasteiger partial charge in [-0.2, -0.15) is 0 Å². The molecule has 4 aliphatic rings. The minimum absolute atomic E-state index is 0.0666. The van der Waals surface area contributed by atoms with Gasteiger partial charge < -0.3 is 25.6 Å². The van der Waals surface area contributed by atoms with Crippen molar-refractivity contribution in [1.82, 2.24) is 25.8 Å². The molecule has 12 nitrogen and oxygen atoms in total. The molecule has 3 N–H and O–H groups in total. The third kappa shape index (κ3) is 7.08. The first-order valence-corrected chi connectivity index (χ1v) is 18.2. The second-order valence-corrected chi connectivity index (χ2v) is 14.5. The molecule has 2 aromatic rings. The summed E-state index contributed by atoms with van der Waals surface area (Å²) in [5, 5.41) is 12.0. The molecule has 1 aromatic heterocycles. The molecular formula is C33H41N7O5S2. The largest absolute Gasteiger partial charge is 0.474 e. The fourth-order valence-electron chi connectivity index (χ4n) is 6.31. The van der Waals surface area contributed by atoms with Crippen molar-refractivity contribution in [3.8, 4) is 0 Å². The van der Waals surface area contributed by atoms with E-state index in [1.54, 1.807) is 10.3 Å². The molecule has 14 heteroatoms. The molecule has 6 bridgehead atoms. The first-order valence-electron chi connectivity index (χ1n) is 16.3. The van der Waals surface area contributed by atoms with E-state index in [-0.39, 0.29) is 41.8 Å². The van der Waals surface area contributed by atoms with Gasteiger partial charge in [-0.3, -0.25) is 24.2 Å². The summed E-state index contributed by atoms with van der Waals surface area (Å²) in [7, 11) is 0. The number of benzene rings is 1. The molecule has 1 saturated heterocycles. The van der Waals surface area contributed by atoms with Gasteiger partial charge in [0, 0.05) is 24.1 Å². The summed E-state index contributed by atoms with van der Waals surface area (Å²) < 4.78 is 6.18. The third-order valence-electron chi connectivity index (χ3n) is 9.23. The first-order chi connectivity index (χ1) is 22.6. The molecule has 0 saturated carbocycles. The molecule has 4 amide bonds. The zero-order chi connectivity index (χ0) is 33.2. The van der Waals surface area contributed by atoms with Gasteiger partial charge in [-0.1, -0.05) is 50.6 Å². The van der Waals surface area contributed by atoms with Crippen molar-refractivity contribution in [2.45, 2.75) is 95.7 Å². The molecule has 250 valence electrons. The van der Waals surface area contributed by atoms with Gasteiger partial charge in [0.15, 0.2) is 6.04 Å². The van der Waals surface area contributed by atoms with Gasteiger partial charge in [0.2, 0.25) is 23.6 Å². The molecule has 5 heterocycles. The quantitative estimate of drug-likeness (QED) is 0.449. The van der Waals surface area contributed by atoms with Crippen molar-refractivity contribution in [2.24, 2.45) is 15.9 Å². The number of carbonyl (C=O) groups is 4. The van der Waals surface area contributed by atoms with Crippen LogP contribution in [0.3, 0.4) is 0 Å². The molecule has 0 radical (unpaired) electrons. The van der Waals surface area contributed by atoms with E-state index in [0.717, 1.165) is 18.4 Å². The van der Waals surface area contributed by atoms with E-state index < -0.39 is 42.2 Å². The van der Waals surface area contributed by atoms with Crippen LogP contribution in [0.2, 0.25) is 0 Å². The third-order valence-corrected chi connectivity index (χ3v) is 11.4. The Morgan fingerprint density at radius 3 is 2.60 bits per heavy atom. The SMILES string of the molecule is CC[C@@H](C)[C@H]1NC(=O)[C@H]2N=C(O[C@@H]2C)[C@@H]2CCCN2C(=O)[C@H](Cc2ccccc2)NC(=O)c2csc(n2)[C@H](C)NC(=O)C2CSC1=N2. The van der Waals surface area contributed by atoms with Crippen LogP contribution in [0, 0.1) is 5.92 Å². The number of aliphatic imine (C=N–C) groups is 2. The Kier molecular flexibility index (Phi) is 9.97. The molecule has 8 atom stereocenters. The molecule has 47 heavy (non-hydrogen) atoms. The van der Waals surface area contributed by atoms with Gasteiger partial charge in [0.05, 0.1) is 17.1 Å². The van der Waals surface area contributed by atoms with Gasteiger partial charge in [0.25, 0.3) is 5.91 Å². The number of hydrogen-bond acceptors (Lipinski definition) is 10. The Balaban J connectivity index is 1.35. The fourth-order valence-corrected chi connectivity index (χ4v) is 8.35. The van der Waals surface area contributed by atoms with E-state index in [4.69, 9.17) is 14.7 Å². The minimum Gasteiger partial charge on any atom is -0.474 e. The molecule has 0 spiro atoms. The van der Waals surface area contributed by atoms with Gasteiger partial charge in [-0.15, -0.1) is 23.1 Å². The summed E-state index contributed by atoms with van der Waals surface area (Å²) in [4.78, 5) is 70.6. The second-order valence-electron chi connectivity index (χ2n) is 12.6. The number of nitrogens with zero attached hydrogens (tertiary/aromatic N) is 4. The summed E-state index contributed by atoms with van der Waals surface area (Å²) in [6, 6.07) is 5.96. The van der Waals surface area contributed by atoms with Crippen LogP contribution >= 0.6 is 23.1 Å². The highest BCUT2D eigenvalue weighted by molar-refractivity contribution is 8.14. The fraction of sp³-hybridized carbons (Fsp3) is 0.545. The second kappa shape index (κ2) is 14.1. The maximum atomic E-state index is 14.2. The number of carbonyl (C=O) groups excluding carboxylic acids is 4. The Bertz CT molecular complexity index is 1580. The molecule has 1 aromatic carbocycles. The Labute approximate surface area is 282 Å². The summed E-state index contributed by atoms with van der Waals surface area (Å²) in [5.74, 6) is -0.360. The predicted octanol–water partition coefficient (Wildman–Crippen LogP) is 2.90. The summed E-state index contributed by atoms with van der Waals surface area (Å²) in [6.07, 6.45) is 1.92. The Morgan fingerprint density at radius 2 is 1.83 bits per heavy atom. The maximum Gasteiger partial charge on any atom is 0.271 e. The monoisotopic (exact) mass is 679 g/mol. The van der Waals surface area contributed by atoms with E-state index in [9.17, 15) is 19.2 Å². The molecular weight excluding hydrogens is 639 g/mol.